The van der Waals surface area contributed by atoms with Crippen LogP contribution in [0.25, 0.3) is 0 Å². The van der Waals surface area contributed by atoms with Crippen LogP contribution in [0.4, 0.5) is 0 Å². The molecule has 0 amide bonds. The number of nitrogens with one attached hydrogen (secondary N) is 1. The largest absolute Gasteiger partial charge is 0.375 e. The van der Waals surface area contributed by atoms with E-state index in [1.54, 1.807) is 0 Å². The zero-order valence-corrected chi connectivity index (χ0v) is 13.0. The standard InChI is InChI=1S/C17H24ClNO/c1-19-16(13-4-6-15(18)7-5-13)14-8-11-20-17(12-14)9-2-3-10-17/h4-7,14,16,19H,2-3,8-12H2,1H3. The Bertz CT molecular complexity index is 439. The van der Waals surface area contributed by atoms with Crippen LogP contribution in [0.2, 0.25) is 5.02 Å². The van der Waals surface area contributed by atoms with Crippen LogP contribution in [-0.2, 0) is 4.74 Å². The van der Waals surface area contributed by atoms with E-state index in [0.717, 1.165) is 18.1 Å². The van der Waals surface area contributed by atoms with Crippen LogP contribution < -0.4 is 5.32 Å². The van der Waals surface area contributed by atoms with Crippen LogP contribution in [0, 0.1) is 5.92 Å². The van der Waals surface area contributed by atoms with Crippen molar-refractivity contribution in [2.24, 2.45) is 5.92 Å². The lowest BCUT2D eigenvalue weighted by atomic mass is 9.78. The first-order chi connectivity index (χ1) is 9.72. The van der Waals surface area contributed by atoms with E-state index in [0.29, 0.717) is 12.0 Å². The topological polar surface area (TPSA) is 21.3 Å². The highest BCUT2D eigenvalue weighted by atomic mass is 35.5. The maximum absolute atomic E-state index is 6.16. The number of ether oxygens (including phenoxy) is 1. The summed E-state index contributed by atoms with van der Waals surface area (Å²) in [6.07, 6.45) is 7.51. The van der Waals surface area contributed by atoms with Crippen LogP contribution in [0.1, 0.15) is 50.1 Å². The Balaban J connectivity index is 1.76. The van der Waals surface area contributed by atoms with Crippen molar-refractivity contribution in [1.82, 2.24) is 5.32 Å². The average molecular weight is 294 g/mol. The first kappa shape index (κ1) is 14.4. The predicted octanol–water partition coefficient (Wildman–Crippen LogP) is 4.34. The zero-order chi connectivity index (χ0) is 14.0. The summed E-state index contributed by atoms with van der Waals surface area (Å²) in [6, 6.07) is 8.70. The van der Waals surface area contributed by atoms with Gasteiger partial charge in [-0.2, -0.15) is 0 Å². The third-order valence-corrected chi connectivity index (χ3v) is 5.31. The molecule has 1 heterocycles. The van der Waals surface area contributed by atoms with E-state index in [2.05, 4.69) is 24.5 Å². The van der Waals surface area contributed by atoms with Gasteiger partial charge in [-0.1, -0.05) is 36.6 Å². The van der Waals surface area contributed by atoms with Gasteiger partial charge < -0.3 is 10.1 Å². The third-order valence-electron chi connectivity index (χ3n) is 5.06. The number of benzene rings is 1. The van der Waals surface area contributed by atoms with Crippen LogP contribution >= 0.6 is 11.6 Å². The lowest BCUT2D eigenvalue weighted by Crippen LogP contribution is -2.41. The summed E-state index contributed by atoms with van der Waals surface area (Å²) in [5.41, 5.74) is 1.53. The summed E-state index contributed by atoms with van der Waals surface area (Å²) in [7, 11) is 2.07. The van der Waals surface area contributed by atoms with Gasteiger partial charge in [0.1, 0.15) is 0 Å². The molecular weight excluding hydrogens is 270 g/mol. The fourth-order valence-electron chi connectivity index (χ4n) is 4.06. The molecule has 110 valence electrons. The highest BCUT2D eigenvalue weighted by Gasteiger charge is 2.41. The maximum Gasteiger partial charge on any atom is 0.0686 e. The Morgan fingerprint density at radius 1 is 1.25 bits per heavy atom. The van der Waals surface area contributed by atoms with Crippen molar-refractivity contribution in [2.75, 3.05) is 13.7 Å². The Labute approximate surface area is 126 Å². The SMILES string of the molecule is CNC(c1ccc(Cl)cc1)C1CCOC2(CCCC2)C1. The van der Waals surface area contributed by atoms with E-state index >= 15 is 0 Å². The maximum atomic E-state index is 6.16. The number of halogens is 1. The molecule has 1 aliphatic heterocycles. The van der Waals surface area contributed by atoms with Crippen molar-refractivity contribution < 1.29 is 4.74 Å². The predicted molar refractivity (Wildman–Crippen MR) is 83.1 cm³/mol. The first-order valence-electron chi connectivity index (χ1n) is 7.79. The van der Waals surface area contributed by atoms with Crippen molar-refractivity contribution in [3.63, 3.8) is 0 Å². The van der Waals surface area contributed by atoms with Crippen LogP contribution in [0.15, 0.2) is 24.3 Å². The van der Waals surface area contributed by atoms with Crippen molar-refractivity contribution in [3.05, 3.63) is 34.9 Å². The molecule has 1 saturated carbocycles. The van der Waals surface area contributed by atoms with Crippen molar-refractivity contribution in [2.45, 2.75) is 50.2 Å². The lowest BCUT2D eigenvalue weighted by Gasteiger charge is -2.41. The van der Waals surface area contributed by atoms with E-state index in [1.807, 2.05) is 12.1 Å². The minimum atomic E-state index is 0.185. The number of rotatable bonds is 3. The molecule has 3 heteroatoms. The molecule has 2 fully saturated rings. The minimum Gasteiger partial charge on any atom is -0.375 e. The Morgan fingerprint density at radius 2 is 1.95 bits per heavy atom. The van der Waals surface area contributed by atoms with E-state index < -0.39 is 0 Å². The van der Waals surface area contributed by atoms with E-state index in [9.17, 15) is 0 Å². The van der Waals surface area contributed by atoms with E-state index in [1.165, 1.54) is 37.7 Å². The van der Waals surface area contributed by atoms with Gasteiger partial charge in [-0.3, -0.25) is 0 Å². The Morgan fingerprint density at radius 3 is 2.60 bits per heavy atom. The Kier molecular flexibility index (Phi) is 4.34. The van der Waals surface area contributed by atoms with E-state index in [4.69, 9.17) is 16.3 Å². The van der Waals surface area contributed by atoms with Gasteiger partial charge in [-0.05, 0) is 56.3 Å². The lowest BCUT2D eigenvalue weighted by molar-refractivity contribution is -0.0978. The molecule has 1 aromatic carbocycles. The second-order valence-electron chi connectivity index (χ2n) is 6.31. The van der Waals surface area contributed by atoms with Gasteiger partial charge in [0.05, 0.1) is 5.60 Å². The molecule has 1 aromatic rings. The molecular formula is C17H24ClNO. The molecule has 1 spiro atoms. The zero-order valence-electron chi connectivity index (χ0n) is 12.2. The molecule has 2 nitrogen and oxygen atoms in total. The molecule has 0 aromatic heterocycles. The van der Waals surface area contributed by atoms with Gasteiger partial charge in [-0.15, -0.1) is 0 Å². The molecule has 2 unspecified atom stereocenters. The molecule has 0 radical (unpaired) electrons. The van der Waals surface area contributed by atoms with Gasteiger partial charge in [0.25, 0.3) is 0 Å². The molecule has 0 bridgehead atoms. The van der Waals surface area contributed by atoms with Crippen LogP contribution in [0.5, 0.6) is 0 Å². The van der Waals surface area contributed by atoms with Gasteiger partial charge in [-0.25, -0.2) is 0 Å². The van der Waals surface area contributed by atoms with Crippen molar-refractivity contribution in [3.8, 4) is 0 Å². The molecule has 1 saturated heterocycles. The normalized spacial score (nSPS) is 26.8. The highest BCUT2D eigenvalue weighted by Crippen LogP contribution is 2.45. The minimum absolute atomic E-state index is 0.185. The first-order valence-corrected chi connectivity index (χ1v) is 8.17. The molecule has 2 aliphatic rings. The van der Waals surface area contributed by atoms with Gasteiger partial charge >= 0.3 is 0 Å². The fraction of sp³-hybridized carbons (Fsp3) is 0.647. The van der Waals surface area contributed by atoms with Crippen LogP contribution in [0.3, 0.4) is 0 Å². The van der Waals surface area contributed by atoms with Crippen molar-refractivity contribution in [1.29, 1.82) is 0 Å². The fourth-order valence-corrected chi connectivity index (χ4v) is 4.19. The molecule has 2 atom stereocenters. The average Bonchev–Trinajstić information content (AvgIpc) is 2.90. The summed E-state index contributed by atoms with van der Waals surface area (Å²) in [6.45, 7) is 0.913. The smallest absolute Gasteiger partial charge is 0.0686 e. The Hall–Kier alpha value is -0.570. The number of hydrogen-bond acceptors (Lipinski definition) is 2. The summed E-state index contributed by atoms with van der Waals surface area (Å²) >= 11 is 6.00. The van der Waals surface area contributed by atoms with Gasteiger partial charge in [0.15, 0.2) is 0 Å². The summed E-state index contributed by atoms with van der Waals surface area (Å²) < 4.78 is 6.16. The summed E-state index contributed by atoms with van der Waals surface area (Å²) in [4.78, 5) is 0. The van der Waals surface area contributed by atoms with Crippen molar-refractivity contribution >= 4 is 11.6 Å². The second kappa shape index (κ2) is 6.05. The molecule has 1 N–H and O–H groups in total. The molecule has 20 heavy (non-hydrogen) atoms. The van der Waals surface area contributed by atoms with E-state index in [-0.39, 0.29) is 5.60 Å². The number of hydrogen-bond donors (Lipinski definition) is 1. The second-order valence-corrected chi connectivity index (χ2v) is 6.75. The summed E-state index contributed by atoms with van der Waals surface area (Å²) in [5.74, 6) is 0.660. The van der Waals surface area contributed by atoms with Gasteiger partial charge in [0.2, 0.25) is 0 Å². The third kappa shape index (κ3) is 2.88. The quantitative estimate of drug-likeness (QED) is 0.895. The highest BCUT2D eigenvalue weighted by molar-refractivity contribution is 6.30. The van der Waals surface area contributed by atoms with Crippen LogP contribution in [-0.4, -0.2) is 19.3 Å². The monoisotopic (exact) mass is 293 g/mol. The molecule has 1 aliphatic carbocycles. The summed E-state index contributed by atoms with van der Waals surface area (Å²) in [5, 5.41) is 4.32. The molecule has 3 rings (SSSR count). The van der Waals surface area contributed by atoms with Gasteiger partial charge in [0, 0.05) is 17.7 Å².